The van der Waals surface area contributed by atoms with Gasteiger partial charge >= 0.3 is 0 Å². The number of benzene rings is 11. The van der Waals surface area contributed by atoms with Crippen molar-refractivity contribution >= 4 is 60.2 Å². The summed E-state index contributed by atoms with van der Waals surface area (Å²) in [4.78, 5) is 2.47. The van der Waals surface area contributed by atoms with Gasteiger partial charge in [-0.2, -0.15) is 0 Å². The van der Waals surface area contributed by atoms with E-state index >= 15 is 0 Å². The van der Waals surface area contributed by atoms with Crippen molar-refractivity contribution in [3.05, 3.63) is 236 Å². The molecule has 0 saturated heterocycles. The third kappa shape index (κ3) is 5.62. The molecule has 0 atom stereocenters. The van der Waals surface area contributed by atoms with Crippen LogP contribution in [0.5, 0.6) is 0 Å². The Bertz CT molecular complexity index is 3530. The molecule has 62 heavy (non-hydrogen) atoms. The zero-order chi connectivity index (χ0) is 41.4. The molecule has 0 bridgehead atoms. The fourth-order valence-electron chi connectivity index (χ4n) is 10.5. The number of fused-ring (bicyclic) bond motifs is 10. The summed E-state index contributed by atoms with van der Waals surface area (Å²) < 4.78 is 0. The topological polar surface area (TPSA) is 3.24 Å². The van der Waals surface area contributed by atoms with E-state index < -0.39 is 0 Å². The lowest BCUT2D eigenvalue weighted by molar-refractivity contribution is 0.660. The SMILES string of the molecule is CC1(C)c2ccccc2-c2ccc(N(c3ccc4ccccc4c3)c3ccc4c(c3)c3ccccc3c3c(-c5ccccc5)cc(-c5ccccc5)c(-c5ccccc5)c43)cc21. The van der Waals surface area contributed by atoms with Crippen molar-refractivity contribution in [1.82, 2.24) is 0 Å². The summed E-state index contributed by atoms with van der Waals surface area (Å²) in [5.74, 6) is 0. The molecule has 0 N–H and O–H groups in total. The highest BCUT2D eigenvalue weighted by Crippen LogP contribution is 2.53. The first-order valence-electron chi connectivity index (χ1n) is 21.7. The Hall–Kier alpha value is -7.74. The summed E-state index contributed by atoms with van der Waals surface area (Å²) in [6, 6.07) is 83.1. The van der Waals surface area contributed by atoms with E-state index in [1.807, 2.05) is 0 Å². The van der Waals surface area contributed by atoms with Gasteiger partial charge in [0, 0.05) is 22.5 Å². The van der Waals surface area contributed by atoms with Crippen molar-refractivity contribution in [1.29, 1.82) is 0 Å². The van der Waals surface area contributed by atoms with Crippen molar-refractivity contribution in [2.75, 3.05) is 4.90 Å². The fourth-order valence-corrected chi connectivity index (χ4v) is 10.5. The molecule has 0 aliphatic heterocycles. The molecular formula is C61H43N. The molecule has 1 aliphatic carbocycles. The second kappa shape index (κ2) is 14.2. The number of anilines is 3. The zero-order valence-corrected chi connectivity index (χ0v) is 34.8. The molecule has 1 nitrogen and oxygen atoms in total. The standard InChI is InChI=1S/C61H43N/c1-61(2)56-29-17-16-27-49(56)50-34-32-47(38-57(50)61)62(45-31-30-40-18-12-13-25-44(40)36-45)46-33-35-52-55(37-46)48-26-14-15-28-51(48)59-54(42-21-8-4-9-22-42)39-53(41-19-6-3-7-20-41)58(60(52)59)43-23-10-5-11-24-43/h3-39H,1-2H3. The molecule has 11 aromatic carbocycles. The molecule has 0 spiro atoms. The second-order valence-corrected chi connectivity index (χ2v) is 17.2. The van der Waals surface area contributed by atoms with Gasteiger partial charge in [0.15, 0.2) is 0 Å². The smallest absolute Gasteiger partial charge is 0.0468 e. The van der Waals surface area contributed by atoms with E-state index in [9.17, 15) is 0 Å². The fraction of sp³-hybridized carbons (Fsp3) is 0.0492. The largest absolute Gasteiger partial charge is 0.310 e. The number of hydrogen-bond donors (Lipinski definition) is 0. The van der Waals surface area contributed by atoms with Crippen LogP contribution in [0, 0.1) is 0 Å². The van der Waals surface area contributed by atoms with Crippen molar-refractivity contribution in [3.63, 3.8) is 0 Å². The molecule has 0 unspecified atom stereocenters. The summed E-state index contributed by atoms with van der Waals surface area (Å²) >= 11 is 0. The van der Waals surface area contributed by atoms with Gasteiger partial charge in [-0.15, -0.1) is 0 Å². The average molecular weight is 790 g/mol. The molecule has 0 radical (unpaired) electrons. The van der Waals surface area contributed by atoms with Gasteiger partial charge in [-0.05, 0) is 141 Å². The summed E-state index contributed by atoms with van der Waals surface area (Å²) in [7, 11) is 0. The van der Waals surface area contributed by atoms with Crippen LogP contribution < -0.4 is 4.90 Å². The zero-order valence-electron chi connectivity index (χ0n) is 34.8. The maximum absolute atomic E-state index is 2.47. The van der Waals surface area contributed by atoms with Crippen LogP contribution in [0.2, 0.25) is 0 Å². The van der Waals surface area contributed by atoms with E-state index in [1.54, 1.807) is 0 Å². The van der Waals surface area contributed by atoms with Gasteiger partial charge in [-0.1, -0.05) is 196 Å². The van der Waals surface area contributed by atoms with Gasteiger partial charge in [0.2, 0.25) is 0 Å². The lowest BCUT2D eigenvalue weighted by Crippen LogP contribution is -2.16. The number of hydrogen-bond acceptors (Lipinski definition) is 1. The van der Waals surface area contributed by atoms with Crippen LogP contribution in [-0.2, 0) is 5.41 Å². The van der Waals surface area contributed by atoms with Crippen LogP contribution >= 0.6 is 0 Å². The van der Waals surface area contributed by atoms with Crippen LogP contribution in [0.4, 0.5) is 17.1 Å². The van der Waals surface area contributed by atoms with Crippen molar-refractivity contribution in [2.24, 2.45) is 0 Å². The van der Waals surface area contributed by atoms with Crippen LogP contribution in [0.15, 0.2) is 224 Å². The minimum absolute atomic E-state index is 0.129. The second-order valence-electron chi connectivity index (χ2n) is 17.2. The van der Waals surface area contributed by atoms with Crippen molar-refractivity contribution < 1.29 is 0 Å². The molecule has 12 rings (SSSR count). The van der Waals surface area contributed by atoms with E-state index in [0.29, 0.717) is 0 Å². The lowest BCUT2D eigenvalue weighted by atomic mass is 9.81. The molecule has 11 aromatic rings. The van der Waals surface area contributed by atoms with Crippen molar-refractivity contribution in [2.45, 2.75) is 19.3 Å². The van der Waals surface area contributed by atoms with Crippen LogP contribution in [0.3, 0.4) is 0 Å². The highest BCUT2D eigenvalue weighted by molar-refractivity contribution is 6.33. The summed E-state index contributed by atoms with van der Waals surface area (Å²) in [5.41, 5.74) is 16.0. The monoisotopic (exact) mass is 789 g/mol. The number of nitrogens with zero attached hydrogens (tertiary/aromatic N) is 1. The summed E-state index contributed by atoms with van der Waals surface area (Å²) in [6.07, 6.45) is 0. The third-order valence-electron chi connectivity index (χ3n) is 13.4. The van der Waals surface area contributed by atoms with Gasteiger partial charge in [0.25, 0.3) is 0 Å². The molecular weight excluding hydrogens is 747 g/mol. The van der Waals surface area contributed by atoms with E-state index in [-0.39, 0.29) is 5.41 Å². The number of rotatable bonds is 6. The minimum atomic E-state index is -0.129. The molecule has 0 heterocycles. The quantitative estimate of drug-likeness (QED) is 0.152. The first-order chi connectivity index (χ1) is 30.5. The third-order valence-corrected chi connectivity index (χ3v) is 13.4. The molecule has 0 amide bonds. The summed E-state index contributed by atoms with van der Waals surface area (Å²) in [5, 5.41) is 9.95. The summed E-state index contributed by atoms with van der Waals surface area (Å²) in [6.45, 7) is 4.74. The van der Waals surface area contributed by atoms with Gasteiger partial charge in [0.05, 0.1) is 0 Å². The van der Waals surface area contributed by atoms with E-state index in [0.717, 1.165) is 17.1 Å². The maximum atomic E-state index is 2.47. The molecule has 0 fully saturated rings. The van der Waals surface area contributed by atoms with E-state index in [2.05, 4.69) is 243 Å². The van der Waals surface area contributed by atoms with Gasteiger partial charge < -0.3 is 4.90 Å². The molecule has 0 saturated carbocycles. The first-order valence-corrected chi connectivity index (χ1v) is 21.7. The highest BCUT2D eigenvalue weighted by atomic mass is 15.1. The van der Waals surface area contributed by atoms with E-state index in [4.69, 9.17) is 0 Å². The first kappa shape index (κ1) is 36.1. The highest BCUT2D eigenvalue weighted by Gasteiger charge is 2.36. The Morgan fingerprint density at radius 2 is 0.839 bits per heavy atom. The maximum Gasteiger partial charge on any atom is 0.0468 e. The Balaban J connectivity index is 1.19. The molecule has 292 valence electrons. The van der Waals surface area contributed by atoms with Crippen molar-refractivity contribution in [3.8, 4) is 44.5 Å². The Kier molecular flexibility index (Phi) is 8.27. The Labute approximate surface area is 362 Å². The predicted octanol–water partition coefficient (Wildman–Crippen LogP) is 17.1. The normalized spacial score (nSPS) is 12.8. The van der Waals surface area contributed by atoms with Gasteiger partial charge in [0.1, 0.15) is 0 Å². The van der Waals surface area contributed by atoms with E-state index in [1.165, 1.54) is 98.7 Å². The predicted molar refractivity (Wildman–Crippen MR) is 265 cm³/mol. The molecule has 1 heteroatoms. The van der Waals surface area contributed by atoms with Crippen LogP contribution in [-0.4, -0.2) is 0 Å². The molecule has 1 aliphatic rings. The lowest BCUT2D eigenvalue weighted by Gasteiger charge is -2.29. The Morgan fingerprint density at radius 1 is 0.306 bits per heavy atom. The van der Waals surface area contributed by atoms with Gasteiger partial charge in [-0.25, -0.2) is 0 Å². The van der Waals surface area contributed by atoms with Gasteiger partial charge in [-0.3, -0.25) is 0 Å². The van der Waals surface area contributed by atoms with Crippen LogP contribution in [0.25, 0.3) is 87.6 Å². The Morgan fingerprint density at radius 3 is 1.60 bits per heavy atom. The molecule has 0 aromatic heterocycles. The minimum Gasteiger partial charge on any atom is -0.310 e. The average Bonchev–Trinajstić information content (AvgIpc) is 3.57. The van der Waals surface area contributed by atoms with Crippen LogP contribution in [0.1, 0.15) is 25.0 Å².